The lowest BCUT2D eigenvalue weighted by atomic mass is 10.2. The predicted octanol–water partition coefficient (Wildman–Crippen LogP) is -0.246. The van der Waals surface area contributed by atoms with Crippen molar-refractivity contribution >= 4 is 11.9 Å². The average molecular weight is 238 g/mol. The minimum absolute atomic E-state index is 0.244. The maximum atomic E-state index is 10.6. The molecule has 90 valence electrons. The second-order valence-corrected chi connectivity index (χ2v) is 3.77. The van der Waals surface area contributed by atoms with Crippen molar-refractivity contribution in [2.45, 2.75) is 12.6 Å². The summed E-state index contributed by atoms with van der Waals surface area (Å²) in [4.78, 5) is 26.3. The molecule has 0 aromatic carbocycles. The Labute approximate surface area is 95.9 Å². The SMILES string of the molecule is O=C(O)c1ccc(CN2CC2C(=O)O)c(O)n1. The highest BCUT2D eigenvalue weighted by Gasteiger charge is 2.40. The van der Waals surface area contributed by atoms with Crippen molar-refractivity contribution in [3.63, 3.8) is 0 Å². The number of carboxylic acids is 2. The van der Waals surface area contributed by atoms with Crippen LogP contribution in [0, 0.1) is 0 Å². The van der Waals surface area contributed by atoms with Crippen molar-refractivity contribution in [2.24, 2.45) is 0 Å². The Hall–Kier alpha value is -2.15. The second kappa shape index (κ2) is 4.02. The summed E-state index contributed by atoms with van der Waals surface area (Å²) in [6.45, 7) is 0.672. The fraction of sp³-hybridized carbons (Fsp3) is 0.300. The van der Waals surface area contributed by atoms with Crippen LogP contribution in [0.1, 0.15) is 16.1 Å². The van der Waals surface area contributed by atoms with Crippen LogP contribution in [0.4, 0.5) is 0 Å². The number of carboxylic acid groups (broad SMARTS) is 2. The van der Waals surface area contributed by atoms with Crippen molar-refractivity contribution in [1.29, 1.82) is 0 Å². The molecule has 2 atom stereocenters. The third-order valence-electron chi connectivity index (χ3n) is 2.55. The molecule has 17 heavy (non-hydrogen) atoms. The van der Waals surface area contributed by atoms with E-state index in [0.717, 1.165) is 0 Å². The topological polar surface area (TPSA) is 111 Å². The molecule has 0 radical (unpaired) electrons. The van der Waals surface area contributed by atoms with E-state index in [9.17, 15) is 14.7 Å². The van der Waals surface area contributed by atoms with E-state index in [4.69, 9.17) is 10.2 Å². The van der Waals surface area contributed by atoms with Gasteiger partial charge in [-0.3, -0.25) is 9.69 Å². The monoisotopic (exact) mass is 238 g/mol. The van der Waals surface area contributed by atoms with Crippen molar-refractivity contribution < 1.29 is 24.9 Å². The summed E-state index contributed by atoms with van der Waals surface area (Å²) in [6, 6.07) is 2.19. The first-order chi connectivity index (χ1) is 7.99. The van der Waals surface area contributed by atoms with E-state index < -0.39 is 18.0 Å². The molecular weight excluding hydrogens is 228 g/mol. The van der Waals surface area contributed by atoms with E-state index in [0.29, 0.717) is 12.1 Å². The zero-order valence-corrected chi connectivity index (χ0v) is 8.70. The molecule has 7 heteroatoms. The number of carbonyl (C=O) groups is 2. The van der Waals surface area contributed by atoms with Crippen LogP contribution in [0.2, 0.25) is 0 Å². The minimum Gasteiger partial charge on any atom is -0.493 e. The molecule has 0 amide bonds. The van der Waals surface area contributed by atoms with Crippen molar-refractivity contribution in [3.8, 4) is 5.88 Å². The van der Waals surface area contributed by atoms with Crippen LogP contribution in [0.25, 0.3) is 0 Å². The molecule has 1 aromatic heterocycles. The molecule has 2 heterocycles. The van der Waals surface area contributed by atoms with Crippen LogP contribution in [0.3, 0.4) is 0 Å². The van der Waals surface area contributed by atoms with E-state index in [-0.39, 0.29) is 18.1 Å². The number of nitrogens with zero attached hydrogens (tertiary/aromatic N) is 2. The van der Waals surface area contributed by atoms with Crippen LogP contribution in [-0.2, 0) is 11.3 Å². The minimum atomic E-state index is -1.22. The fourth-order valence-corrected chi connectivity index (χ4v) is 1.52. The van der Waals surface area contributed by atoms with E-state index in [1.165, 1.54) is 12.1 Å². The van der Waals surface area contributed by atoms with Crippen LogP contribution in [-0.4, -0.2) is 49.7 Å². The van der Waals surface area contributed by atoms with Gasteiger partial charge in [0.25, 0.3) is 0 Å². The quantitative estimate of drug-likeness (QED) is 0.620. The fourth-order valence-electron chi connectivity index (χ4n) is 1.52. The first kappa shape index (κ1) is 11.3. The van der Waals surface area contributed by atoms with Gasteiger partial charge in [0, 0.05) is 18.7 Å². The third-order valence-corrected chi connectivity index (χ3v) is 2.55. The van der Waals surface area contributed by atoms with Crippen molar-refractivity contribution in [2.75, 3.05) is 6.54 Å². The van der Waals surface area contributed by atoms with Crippen LogP contribution in [0.15, 0.2) is 12.1 Å². The maximum absolute atomic E-state index is 10.6. The summed E-state index contributed by atoms with van der Waals surface area (Å²) in [5.74, 6) is -2.50. The molecular formula is C10H10N2O5. The highest BCUT2D eigenvalue weighted by Crippen LogP contribution is 2.24. The van der Waals surface area contributed by atoms with Gasteiger partial charge in [0.05, 0.1) is 0 Å². The Morgan fingerprint density at radius 3 is 2.59 bits per heavy atom. The molecule has 2 unspecified atom stereocenters. The molecule has 1 aliphatic heterocycles. The normalized spacial score (nSPS) is 22.1. The maximum Gasteiger partial charge on any atom is 0.354 e. The van der Waals surface area contributed by atoms with Gasteiger partial charge in [-0.1, -0.05) is 0 Å². The molecule has 2 rings (SSSR count). The number of aromatic nitrogens is 1. The van der Waals surface area contributed by atoms with Gasteiger partial charge in [-0.25, -0.2) is 9.78 Å². The first-order valence-corrected chi connectivity index (χ1v) is 4.88. The van der Waals surface area contributed by atoms with Gasteiger partial charge in [0.15, 0.2) is 5.69 Å². The van der Waals surface area contributed by atoms with Crippen LogP contribution >= 0.6 is 0 Å². The smallest absolute Gasteiger partial charge is 0.354 e. The molecule has 3 N–H and O–H groups in total. The summed E-state index contributed by atoms with van der Waals surface area (Å²) in [5, 5.41) is 26.8. The van der Waals surface area contributed by atoms with Gasteiger partial charge in [-0.05, 0) is 12.1 Å². The first-order valence-electron chi connectivity index (χ1n) is 4.88. The molecule has 0 saturated carbocycles. The van der Waals surface area contributed by atoms with Crippen molar-refractivity contribution in [3.05, 3.63) is 23.4 Å². The third kappa shape index (κ3) is 2.34. The highest BCUT2D eigenvalue weighted by atomic mass is 16.4. The van der Waals surface area contributed by atoms with Gasteiger partial charge in [-0.2, -0.15) is 0 Å². The van der Waals surface area contributed by atoms with Gasteiger partial charge >= 0.3 is 11.9 Å². The number of aromatic hydroxyl groups is 1. The lowest BCUT2D eigenvalue weighted by Gasteiger charge is -2.05. The van der Waals surface area contributed by atoms with Gasteiger partial charge in [0.2, 0.25) is 5.88 Å². The summed E-state index contributed by atoms with van der Waals surface area (Å²) in [5.41, 5.74) is 0.172. The van der Waals surface area contributed by atoms with Crippen LogP contribution in [0.5, 0.6) is 5.88 Å². The van der Waals surface area contributed by atoms with Crippen LogP contribution < -0.4 is 0 Å². The van der Waals surface area contributed by atoms with Gasteiger partial charge in [0.1, 0.15) is 6.04 Å². The summed E-state index contributed by atoms with van der Waals surface area (Å²) in [7, 11) is 0. The molecule has 0 spiro atoms. The average Bonchev–Trinajstić information content (AvgIpc) is 3.00. The molecule has 1 fully saturated rings. The lowest BCUT2D eigenvalue weighted by Crippen LogP contribution is -2.12. The van der Waals surface area contributed by atoms with Gasteiger partial charge in [-0.15, -0.1) is 0 Å². The van der Waals surface area contributed by atoms with Gasteiger partial charge < -0.3 is 15.3 Å². The Bertz CT molecular complexity index is 488. The largest absolute Gasteiger partial charge is 0.493 e. The summed E-state index contributed by atoms with van der Waals surface area (Å²) in [6.07, 6.45) is 0. The molecule has 1 saturated heterocycles. The molecule has 1 aliphatic rings. The Morgan fingerprint density at radius 2 is 2.12 bits per heavy atom. The van der Waals surface area contributed by atoms with E-state index in [1.807, 2.05) is 0 Å². The number of aromatic carboxylic acids is 1. The summed E-state index contributed by atoms with van der Waals surface area (Å²) < 4.78 is 0. The lowest BCUT2D eigenvalue weighted by molar-refractivity contribution is -0.137. The van der Waals surface area contributed by atoms with Crippen molar-refractivity contribution in [1.82, 2.24) is 9.88 Å². The Kier molecular flexibility index (Phi) is 2.68. The zero-order chi connectivity index (χ0) is 12.6. The Balaban J connectivity index is 2.08. The number of rotatable bonds is 4. The number of aliphatic carboxylic acids is 1. The predicted molar refractivity (Wildman–Crippen MR) is 54.7 cm³/mol. The van der Waals surface area contributed by atoms with E-state index in [1.54, 1.807) is 4.90 Å². The van der Waals surface area contributed by atoms with E-state index >= 15 is 0 Å². The number of hydrogen-bond acceptors (Lipinski definition) is 5. The molecule has 0 bridgehead atoms. The molecule has 1 aromatic rings. The highest BCUT2D eigenvalue weighted by molar-refractivity contribution is 5.85. The molecule has 0 aliphatic carbocycles. The summed E-state index contributed by atoms with van der Waals surface area (Å²) >= 11 is 0. The number of pyridine rings is 1. The molecule has 7 nitrogen and oxygen atoms in total. The Morgan fingerprint density at radius 1 is 1.41 bits per heavy atom. The van der Waals surface area contributed by atoms with E-state index in [2.05, 4.69) is 4.98 Å². The second-order valence-electron chi connectivity index (χ2n) is 3.77. The number of hydrogen-bond donors (Lipinski definition) is 3. The zero-order valence-electron chi connectivity index (χ0n) is 8.70. The standard InChI is InChI=1S/C10H10N2O5/c13-8-5(1-2-6(11-8)9(14)15)3-12-4-7(12)10(16)17/h1-2,7H,3-4H2,(H,11,13)(H,14,15)(H,16,17).